The summed E-state index contributed by atoms with van der Waals surface area (Å²) in [7, 11) is 0. The number of rotatable bonds is 4. The summed E-state index contributed by atoms with van der Waals surface area (Å²) in [5, 5.41) is 19.7. The van der Waals surface area contributed by atoms with Gasteiger partial charge in [0.1, 0.15) is 22.9 Å². The minimum absolute atomic E-state index is 0.266. The van der Waals surface area contributed by atoms with Gasteiger partial charge in [-0.2, -0.15) is 5.26 Å². The second kappa shape index (κ2) is 8.94. The minimum Gasteiger partial charge on any atom is -0.465 e. The molecule has 0 saturated heterocycles. The van der Waals surface area contributed by atoms with Gasteiger partial charge in [0.15, 0.2) is 5.58 Å². The molecule has 0 spiro atoms. The molecule has 2 aromatic heterocycles. The van der Waals surface area contributed by atoms with E-state index >= 15 is 0 Å². The van der Waals surface area contributed by atoms with E-state index in [-0.39, 0.29) is 5.56 Å². The summed E-state index contributed by atoms with van der Waals surface area (Å²) in [5.74, 6) is 0.382. The lowest BCUT2D eigenvalue weighted by atomic mass is 9.91. The molecule has 0 atom stereocenters. The Bertz CT molecular complexity index is 1810. The Morgan fingerprint density at radius 2 is 1.74 bits per heavy atom. The van der Waals surface area contributed by atoms with Gasteiger partial charge in [0.25, 0.3) is 0 Å². The van der Waals surface area contributed by atoms with Crippen molar-refractivity contribution >= 4 is 34.8 Å². The molecule has 3 heterocycles. The molecule has 0 fully saturated rings. The highest BCUT2D eigenvalue weighted by atomic mass is 32.1. The Morgan fingerprint density at radius 1 is 1.05 bits per heavy atom. The van der Waals surface area contributed by atoms with Crippen molar-refractivity contribution in [2.24, 2.45) is 0 Å². The summed E-state index contributed by atoms with van der Waals surface area (Å²) >= 11 is 1.54. The standard InChI is InChI=1S/C29H20N4O4S/c1-15-19(5-3-7-21(15)27-31-23-10-17(14-34)9-18(11-30)26(23)37-27)20-6-4-8-22(16(20)2)28-32-24-12-33(29(35)36)13-25(24)38-28/h3-10,14H,12-13H2,1-2H3,(H,35,36). The number of amides is 1. The highest BCUT2D eigenvalue weighted by molar-refractivity contribution is 7.15. The lowest BCUT2D eigenvalue weighted by Crippen LogP contribution is -2.22. The van der Waals surface area contributed by atoms with Gasteiger partial charge in [-0.3, -0.25) is 9.69 Å². The molecule has 0 aliphatic carbocycles. The molecule has 0 radical (unpaired) electrons. The number of hydrogen-bond acceptors (Lipinski definition) is 7. The second-order valence-electron chi connectivity index (χ2n) is 9.15. The van der Waals surface area contributed by atoms with E-state index in [0.717, 1.165) is 49.0 Å². The van der Waals surface area contributed by atoms with E-state index < -0.39 is 6.09 Å². The molecule has 1 aliphatic heterocycles. The number of carboxylic acid groups (broad SMARTS) is 1. The summed E-state index contributed by atoms with van der Waals surface area (Å²) < 4.78 is 6.03. The number of fused-ring (bicyclic) bond motifs is 2. The van der Waals surface area contributed by atoms with Crippen molar-refractivity contribution in [3.63, 3.8) is 0 Å². The molecule has 0 saturated carbocycles. The zero-order valence-electron chi connectivity index (χ0n) is 20.5. The van der Waals surface area contributed by atoms with Crippen LogP contribution in [0.3, 0.4) is 0 Å². The van der Waals surface area contributed by atoms with Crippen molar-refractivity contribution in [1.29, 1.82) is 5.26 Å². The van der Waals surface area contributed by atoms with E-state index in [1.54, 1.807) is 6.07 Å². The first-order chi connectivity index (χ1) is 18.4. The van der Waals surface area contributed by atoms with Crippen LogP contribution < -0.4 is 0 Å². The second-order valence-corrected chi connectivity index (χ2v) is 10.2. The van der Waals surface area contributed by atoms with E-state index in [4.69, 9.17) is 9.40 Å². The number of benzene rings is 3. The molecule has 8 nitrogen and oxygen atoms in total. The fraction of sp³-hybridized carbons (Fsp3) is 0.138. The van der Waals surface area contributed by atoms with E-state index in [1.807, 2.05) is 37.3 Å². The van der Waals surface area contributed by atoms with E-state index in [9.17, 15) is 20.0 Å². The van der Waals surface area contributed by atoms with Crippen LogP contribution in [0.5, 0.6) is 0 Å². The third-order valence-corrected chi connectivity index (χ3v) is 8.03. The molecular formula is C29H20N4O4S. The maximum Gasteiger partial charge on any atom is 0.407 e. The molecular weight excluding hydrogens is 500 g/mol. The van der Waals surface area contributed by atoms with Crippen LogP contribution in [0, 0.1) is 25.2 Å². The van der Waals surface area contributed by atoms with Gasteiger partial charge in [-0.15, -0.1) is 11.3 Å². The fourth-order valence-electron chi connectivity index (χ4n) is 4.93. The average Bonchev–Trinajstić information content (AvgIpc) is 3.62. The monoisotopic (exact) mass is 520 g/mol. The molecule has 1 aliphatic rings. The third kappa shape index (κ3) is 3.74. The predicted octanol–water partition coefficient (Wildman–Crippen LogP) is 6.58. The van der Waals surface area contributed by atoms with Crippen molar-refractivity contribution in [3.05, 3.63) is 81.4 Å². The zero-order valence-corrected chi connectivity index (χ0v) is 21.3. The first-order valence-corrected chi connectivity index (χ1v) is 12.7. The molecule has 9 heteroatoms. The molecule has 0 bridgehead atoms. The highest BCUT2D eigenvalue weighted by Gasteiger charge is 2.27. The van der Waals surface area contributed by atoms with Crippen LogP contribution in [-0.4, -0.2) is 32.4 Å². The number of thiazole rings is 1. The number of oxazole rings is 1. The van der Waals surface area contributed by atoms with E-state index in [2.05, 4.69) is 24.0 Å². The lowest BCUT2D eigenvalue weighted by molar-refractivity contribution is 0.112. The van der Waals surface area contributed by atoms with Gasteiger partial charge in [0.05, 0.1) is 24.3 Å². The maximum absolute atomic E-state index is 11.3. The van der Waals surface area contributed by atoms with Gasteiger partial charge in [-0.25, -0.2) is 14.8 Å². The van der Waals surface area contributed by atoms with Crippen LogP contribution in [-0.2, 0) is 13.1 Å². The van der Waals surface area contributed by atoms with Crippen molar-refractivity contribution in [2.45, 2.75) is 26.9 Å². The average molecular weight is 521 g/mol. The Balaban J connectivity index is 1.41. The highest BCUT2D eigenvalue weighted by Crippen LogP contribution is 2.40. The molecule has 186 valence electrons. The Kier molecular flexibility index (Phi) is 5.55. The molecule has 5 aromatic rings. The van der Waals surface area contributed by atoms with E-state index in [1.165, 1.54) is 22.3 Å². The quantitative estimate of drug-likeness (QED) is 0.266. The summed E-state index contributed by atoms with van der Waals surface area (Å²) in [4.78, 5) is 34.3. The topological polar surface area (TPSA) is 120 Å². The fourth-order valence-corrected chi connectivity index (χ4v) is 6.10. The number of carbonyl (C=O) groups excluding carboxylic acids is 1. The van der Waals surface area contributed by atoms with Crippen LogP contribution in [0.25, 0.3) is 44.3 Å². The summed E-state index contributed by atoms with van der Waals surface area (Å²) in [6, 6.07) is 17.2. The molecule has 0 unspecified atom stereocenters. The Labute approximate surface area is 221 Å². The molecule has 3 aromatic carbocycles. The van der Waals surface area contributed by atoms with Crippen molar-refractivity contribution in [1.82, 2.24) is 14.9 Å². The SMILES string of the molecule is Cc1c(-c2nc3cc(C=O)cc(C#N)c3o2)cccc1-c1cccc(-c2nc3c(s2)CN(C(=O)O)C3)c1C. The molecule has 38 heavy (non-hydrogen) atoms. The van der Waals surface area contributed by atoms with Gasteiger partial charge in [-0.1, -0.05) is 30.3 Å². The van der Waals surface area contributed by atoms with Crippen LogP contribution in [0.2, 0.25) is 0 Å². The number of aromatic nitrogens is 2. The number of carbonyl (C=O) groups is 2. The van der Waals surface area contributed by atoms with Gasteiger partial charge in [0, 0.05) is 21.6 Å². The Morgan fingerprint density at radius 3 is 2.39 bits per heavy atom. The number of nitrogens with zero attached hydrogens (tertiary/aromatic N) is 4. The summed E-state index contributed by atoms with van der Waals surface area (Å²) in [6.45, 7) is 4.75. The molecule has 1 N–H and O–H groups in total. The normalized spacial score (nSPS) is 12.5. The Hall–Kier alpha value is -4.81. The minimum atomic E-state index is -0.933. The van der Waals surface area contributed by atoms with Crippen molar-refractivity contribution in [3.8, 4) is 39.2 Å². The van der Waals surface area contributed by atoms with Crippen molar-refractivity contribution in [2.75, 3.05) is 0 Å². The zero-order chi connectivity index (χ0) is 26.6. The molecule has 6 rings (SSSR count). The van der Waals surface area contributed by atoms with Gasteiger partial charge in [-0.05, 0) is 54.3 Å². The van der Waals surface area contributed by atoms with E-state index in [0.29, 0.717) is 41.9 Å². The number of nitriles is 1. The van der Waals surface area contributed by atoms with Crippen LogP contribution in [0.1, 0.15) is 37.6 Å². The van der Waals surface area contributed by atoms with Crippen LogP contribution in [0.15, 0.2) is 52.9 Å². The first-order valence-electron chi connectivity index (χ1n) is 11.8. The number of aldehydes is 1. The summed E-state index contributed by atoms with van der Waals surface area (Å²) in [5.41, 5.74) is 8.16. The smallest absolute Gasteiger partial charge is 0.407 e. The van der Waals surface area contributed by atoms with Gasteiger partial charge in [0.2, 0.25) is 5.89 Å². The predicted molar refractivity (Wildman–Crippen MR) is 143 cm³/mol. The third-order valence-electron chi connectivity index (χ3n) is 6.91. The van der Waals surface area contributed by atoms with Crippen molar-refractivity contribution < 1.29 is 19.1 Å². The van der Waals surface area contributed by atoms with Crippen LogP contribution >= 0.6 is 11.3 Å². The first kappa shape index (κ1) is 23.6. The largest absolute Gasteiger partial charge is 0.465 e. The summed E-state index contributed by atoms with van der Waals surface area (Å²) in [6.07, 6.45) is -0.243. The van der Waals surface area contributed by atoms with Crippen LogP contribution in [0.4, 0.5) is 4.79 Å². The lowest BCUT2D eigenvalue weighted by Gasteiger charge is -2.14. The van der Waals surface area contributed by atoms with Gasteiger partial charge >= 0.3 is 6.09 Å². The molecule has 1 amide bonds. The maximum atomic E-state index is 11.3. The van der Waals surface area contributed by atoms with Gasteiger partial charge < -0.3 is 9.52 Å². The number of hydrogen-bond donors (Lipinski definition) is 1.